The molecule has 0 saturated carbocycles. The van der Waals surface area contributed by atoms with Gasteiger partial charge in [-0.15, -0.1) is 11.3 Å². The zero-order chi connectivity index (χ0) is 14.4. The van der Waals surface area contributed by atoms with Crippen LogP contribution in [0.15, 0.2) is 5.38 Å². The summed E-state index contributed by atoms with van der Waals surface area (Å²) in [6, 6.07) is 0. The predicted molar refractivity (Wildman–Crippen MR) is 75.4 cm³/mol. The number of rotatable bonds is 7. The molecule has 0 radical (unpaired) electrons. The molecule has 5 nitrogen and oxygen atoms in total. The van der Waals surface area contributed by atoms with Crippen molar-refractivity contribution in [1.29, 1.82) is 0 Å². The smallest absolute Gasteiger partial charge is 0.228 e. The minimum Gasteiger partial charge on any atom is -0.389 e. The van der Waals surface area contributed by atoms with Crippen molar-refractivity contribution in [3.63, 3.8) is 0 Å². The molecule has 6 heteroatoms. The van der Waals surface area contributed by atoms with Crippen molar-refractivity contribution in [1.82, 2.24) is 9.88 Å². The van der Waals surface area contributed by atoms with Gasteiger partial charge in [-0.3, -0.25) is 4.79 Å². The van der Waals surface area contributed by atoms with Crippen molar-refractivity contribution in [2.45, 2.75) is 32.3 Å². The topological polar surface area (TPSA) is 62.7 Å². The van der Waals surface area contributed by atoms with Gasteiger partial charge < -0.3 is 14.7 Å². The molecule has 1 amide bonds. The second-order valence-corrected chi connectivity index (χ2v) is 5.78. The summed E-state index contributed by atoms with van der Waals surface area (Å²) in [4.78, 5) is 17.9. The molecule has 0 aliphatic carbocycles. The molecule has 0 bridgehead atoms. The first-order valence-electron chi connectivity index (χ1n) is 6.29. The summed E-state index contributed by atoms with van der Waals surface area (Å²) in [5, 5.41) is 12.5. The van der Waals surface area contributed by atoms with Crippen LogP contribution < -0.4 is 0 Å². The molecule has 1 aromatic rings. The van der Waals surface area contributed by atoms with Crippen LogP contribution in [0.25, 0.3) is 0 Å². The Kier molecular flexibility index (Phi) is 6.41. The summed E-state index contributed by atoms with van der Waals surface area (Å²) in [5.74, 6) is 0.339. The van der Waals surface area contributed by atoms with E-state index in [0.717, 1.165) is 10.7 Å². The van der Waals surface area contributed by atoms with Crippen LogP contribution in [-0.2, 0) is 16.0 Å². The highest BCUT2D eigenvalue weighted by Gasteiger charge is 2.16. The van der Waals surface area contributed by atoms with Crippen LogP contribution in [0.5, 0.6) is 0 Å². The quantitative estimate of drug-likeness (QED) is 0.820. The molecule has 0 aromatic carbocycles. The highest BCUT2D eigenvalue weighted by molar-refractivity contribution is 7.09. The van der Waals surface area contributed by atoms with Gasteiger partial charge in [0.25, 0.3) is 0 Å². The zero-order valence-electron chi connectivity index (χ0n) is 11.9. The molecule has 0 aliphatic heterocycles. The predicted octanol–water partition coefficient (Wildman–Crippen LogP) is 1.27. The summed E-state index contributed by atoms with van der Waals surface area (Å²) in [7, 11) is 3.20. The first kappa shape index (κ1) is 16.1. The molecule has 1 atom stereocenters. The van der Waals surface area contributed by atoms with Crippen LogP contribution >= 0.6 is 11.3 Å². The van der Waals surface area contributed by atoms with E-state index in [1.165, 1.54) is 12.0 Å². The van der Waals surface area contributed by atoms with Gasteiger partial charge in [0, 0.05) is 32.0 Å². The Morgan fingerprint density at radius 1 is 1.58 bits per heavy atom. The lowest BCUT2D eigenvalue weighted by Gasteiger charge is -2.20. The number of aliphatic hydroxyl groups excluding tert-OH is 1. The van der Waals surface area contributed by atoms with E-state index in [2.05, 4.69) is 18.8 Å². The lowest BCUT2D eigenvalue weighted by Crippen LogP contribution is -2.37. The maximum atomic E-state index is 12.0. The number of hydrogen-bond donors (Lipinski definition) is 1. The fourth-order valence-electron chi connectivity index (χ4n) is 1.62. The maximum absolute atomic E-state index is 12.0. The Balaban J connectivity index is 2.49. The Labute approximate surface area is 118 Å². The largest absolute Gasteiger partial charge is 0.389 e. The number of ether oxygens (including phenoxy) is 1. The number of amides is 1. The number of carbonyl (C=O) groups excluding carboxylic acids is 1. The molecule has 0 spiro atoms. The number of nitrogens with zero attached hydrogens (tertiary/aromatic N) is 2. The van der Waals surface area contributed by atoms with E-state index in [1.807, 2.05) is 5.38 Å². The Morgan fingerprint density at radius 3 is 2.79 bits per heavy atom. The molecule has 0 aliphatic rings. The third kappa shape index (κ3) is 5.26. The standard InChI is InChI=1S/C13H22N2O3S/c1-9(2)13-14-10(8-19-13)5-12(17)15(3)6-11(16)7-18-4/h8-9,11,16H,5-7H2,1-4H3. The summed E-state index contributed by atoms with van der Waals surface area (Å²) in [5.41, 5.74) is 0.798. The van der Waals surface area contributed by atoms with Gasteiger partial charge >= 0.3 is 0 Å². The van der Waals surface area contributed by atoms with Crippen LogP contribution in [0.1, 0.15) is 30.5 Å². The third-order valence-electron chi connectivity index (χ3n) is 2.67. The van der Waals surface area contributed by atoms with Gasteiger partial charge in [-0.05, 0) is 0 Å². The molecule has 0 saturated heterocycles. The second-order valence-electron chi connectivity index (χ2n) is 4.89. The summed E-state index contributed by atoms with van der Waals surface area (Å²) < 4.78 is 4.83. The summed E-state index contributed by atoms with van der Waals surface area (Å²) in [6.07, 6.45) is -0.375. The molecule has 0 fully saturated rings. The van der Waals surface area contributed by atoms with Gasteiger partial charge in [-0.2, -0.15) is 0 Å². The monoisotopic (exact) mass is 286 g/mol. The van der Waals surface area contributed by atoms with Crippen LogP contribution in [-0.4, -0.2) is 54.3 Å². The van der Waals surface area contributed by atoms with E-state index in [1.54, 1.807) is 18.4 Å². The van der Waals surface area contributed by atoms with Crippen molar-refractivity contribution < 1.29 is 14.6 Å². The fraction of sp³-hybridized carbons (Fsp3) is 0.692. The Hall–Kier alpha value is -0.980. The zero-order valence-corrected chi connectivity index (χ0v) is 12.7. The average molecular weight is 286 g/mol. The molecule has 1 N–H and O–H groups in total. The Morgan fingerprint density at radius 2 is 2.26 bits per heavy atom. The van der Waals surface area contributed by atoms with Gasteiger partial charge in [0.2, 0.25) is 5.91 Å². The highest BCUT2D eigenvalue weighted by atomic mass is 32.1. The number of thiazole rings is 1. The van der Waals surface area contributed by atoms with E-state index in [0.29, 0.717) is 5.92 Å². The molecule has 19 heavy (non-hydrogen) atoms. The first-order chi connectivity index (χ1) is 8.93. The molecule has 1 aromatic heterocycles. The van der Waals surface area contributed by atoms with E-state index in [4.69, 9.17) is 4.74 Å². The van der Waals surface area contributed by atoms with Crippen LogP contribution in [0.4, 0.5) is 0 Å². The van der Waals surface area contributed by atoms with Gasteiger partial charge in [0.1, 0.15) is 0 Å². The van der Waals surface area contributed by atoms with Crippen LogP contribution in [0, 0.1) is 0 Å². The second kappa shape index (κ2) is 7.57. The Bertz CT molecular complexity index is 406. The van der Waals surface area contributed by atoms with Crippen molar-refractivity contribution in [3.8, 4) is 0 Å². The molecule has 108 valence electrons. The van der Waals surface area contributed by atoms with Gasteiger partial charge in [-0.1, -0.05) is 13.8 Å². The number of carbonyl (C=O) groups is 1. The number of aliphatic hydroxyl groups is 1. The fourth-order valence-corrected chi connectivity index (χ4v) is 2.46. The van der Waals surface area contributed by atoms with Crippen molar-refractivity contribution >= 4 is 17.2 Å². The van der Waals surface area contributed by atoms with Crippen LogP contribution in [0.2, 0.25) is 0 Å². The maximum Gasteiger partial charge on any atom is 0.228 e. The van der Waals surface area contributed by atoms with Gasteiger partial charge in [-0.25, -0.2) is 4.98 Å². The first-order valence-corrected chi connectivity index (χ1v) is 7.17. The molecular formula is C13H22N2O3S. The number of aromatic nitrogens is 1. The van der Waals surface area contributed by atoms with Crippen molar-refractivity contribution in [2.24, 2.45) is 0 Å². The molecular weight excluding hydrogens is 264 g/mol. The van der Waals surface area contributed by atoms with E-state index >= 15 is 0 Å². The lowest BCUT2D eigenvalue weighted by atomic mass is 10.2. The highest BCUT2D eigenvalue weighted by Crippen LogP contribution is 2.19. The summed E-state index contributed by atoms with van der Waals surface area (Å²) in [6.45, 7) is 4.66. The van der Waals surface area contributed by atoms with E-state index in [-0.39, 0.29) is 25.5 Å². The summed E-state index contributed by atoms with van der Waals surface area (Å²) >= 11 is 1.58. The normalized spacial score (nSPS) is 12.7. The van der Waals surface area contributed by atoms with Crippen molar-refractivity contribution in [2.75, 3.05) is 27.3 Å². The minimum absolute atomic E-state index is 0.0456. The molecule has 1 heterocycles. The molecule has 1 unspecified atom stereocenters. The number of hydrogen-bond acceptors (Lipinski definition) is 5. The number of likely N-dealkylation sites (N-methyl/N-ethyl adjacent to an activating group) is 1. The minimum atomic E-state index is -0.652. The van der Waals surface area contributed by atoms with Crippen LogP contribution in [0.3, 0.4) is 0 Å². The van der Waals surface area contributed by atoms with Gasteiger partial charge in [0.05, 0.1) is 29.8 Å². The molecule has 1 rings (SSSR count). The number of methoxy groups -OCH3 is 1. The van der Waals surface area contributed by atoms with Gasteiger partial charge in [0.15, 0.2) is 0 Å². The van der Waals surface area contributed by atoms with E-state index < -0.39 is 6.10 Å². The average Bonchev–Trinajstić information content (AvgIpc) is 2.77. The third-order valence-corrected chi connectivity index (χ3v) is 3.86. The lowest BCUT2D eigenvalue weighted by molar-refractivity contribution is -0.130. The van der Waals surface area contributed by atoms with E-state index in [9.17, 15) is 9.90 Å². The SMILES string of the molecule is COCC(O)CN(C)C(=O)Cc1csc(C(C)C)n1. The van der Waals surface area contributed by atoms with Crippen molar-refractivity contribution in [3.05, 3.63) is 16.1 Å².